The lowest BCUT2D eigenvalue weighted by Crippen LogP contribution is -2.40. The molecule has 0 radical (unpaired) electrons. The Morgan fingerprint density at radius 3 is 2.39 bits per heavy atom. The molecule has 2 heterocycles. The molecule has 1 aliphatic heterocycles. The van der Waals surface area contributed by atoms with Crippen LogP contribution in [0, 0.1) is 5.92 Å². The van der Waals surface area contributed by atoms with Gasteiger partial charge in [-0.1, -0.05) is 23.2 Å². The first-order valence-corrected chi connectivity index (χ1v) is 6.30. The fourth-order valence-electron chi connectivity index (χ4n) is 2.02. The zero-order valence-electron chi connectivity index (χ0n) is 9.45. The molecule has 0 aliphatic carbocycles. The van der Waals surface area contributed by atoms with Crippen molar-refractivity contribution in [1.29, 1.82) is 0 Å². The highest BCUT2D eigenvalue weighted by molar-refractivity contribution is 6.41. The summed E-state index contributed by atoms with van der Waals surface area (Å²) in [6.07, 6.45) is 0.951. The molecular formula is C11H12Cl2N2O3. The van der Waals surface area contributed by atoms with Crippen molar-refractivity contribution >= 4 is 35.1 Å². The second kappa shape index (κ2) is 5.20. The van der Waals surface area contributed by atoms with E-state index < -0.39 is 5.97 Å². The van der Waals surface area contributed by atoms with E-state index in [1.807, 2.05) is 0 Å². The highest BCUT2D eigenvalue weighted by atomic mass is 35.5. The summed E-state index contributed by atoms with van der Waals surface area (Å²) in [6.45, 7) is 0.869. The Morgan fingerprint density at radius 1 is 1.33 bits per heavy atom. The van der Waals surface area contributed by atoms with Crippen molar-refractivity contribution in [3.8, 4) is 0 Å². The number of halogens is 2. The van der Waals surface area contributed by atoms with Gasteiger partial charge in [0.15, 0.2) is 0 Å². The van der Waals surface area contributed by atoms with Crippen LogP contribution in [0.2, 0.25) is 10.2 Å². The van der Waals surface area contributed by atoms with Gasteiger partial charge in [-0.05, 0) is 18.9 Å². The van der Waals surface area contributed by atoms with Crippen molar-refractivity contribution in [2.45, 2.75) is 12.8 Å². The largest absolute Gasteiger partial charge is 0.481 e. The van der Waals surface area contributed by atoms with E-state index in [9.17, 15) is 9.59 Å². The van der Waals surface area contributed by atoms with E-state index in [1.165, 1.54) is 6.07 Å². The lowest BCUT2D eigenvalue weighted by molar-refractivity contribution is -0.143. The number of carboxylic acids is 1. The molecule has 18 heavy (non-hydrogen) atoms. The first kappa shape index (κ1) is 13.2. The number of carboxylic acid groups (broad SMARTS) is 1. The second-order valence-electron chi connectivity index (χ2n) is 4.25. The molecule has 1 aromatic rings. The molecule has 2 rings (SSSR count). The molecule has 1 saturated heterocycles. The Bertz CT molecular complexity index is 459. The zero-order chi connectivity index (χ0) is 13.3. The Kier molecular flexibility index (Phi) is 3.82. The van der Waals surface area contributed by atoms with Crippen molar-refractivity contribution in [3.05, 3.63) is 21.9 Å². The first-order chi connectivity index (χ1) is 8.49. The van der Waals surface area contributed by atoms with Crippen molar-refractivity contribution in [1.82, 2.24) is 9.88 Å². The van der Waals surface area contributed by atoms with Crippen LogP contribution in [0.1, 0.15) is 23.3 Å². The third kappa shape index (κ3) is 2.62. The van der Waals surface area contributed by atoms with Crippen molar-refractivity contribution in [2.75, 3.05) is 13.1 Å². The number of nitrogens with zero attached hydrogens (tertiary/aromatic N) is 1. The number of carbonyl (C=O) groups excluding carboxylic acids is 1. The normalized spacial score (nSPS) is 16.9. The molecule has 0 bridgehead atoms. The SMILES string of the molecule is O=C(O)C1CCN(C(=O)c2cc(Cl)c(Cl)[nH]2)CC1. The molecule has 0 aromatic carbocycles. The molecule has 0 atom stereocenters. The van der Waals surface area contributed by atoms with E-state index in [2.05, 4.69) is 4.98 Å². The van der Waals surface area contributed by atoms with E-state index >= 15 is 0 Å². The summed E-state index contributed by atoms with van der Waals surface area (Å²) >= 11 is 11.5. The maximum Gasteiger partial charge on any atom is 0.306 e. The number of likely N-dealkylation sites (tertiary alicyclic amines) is 1. The summed E-state index contributed by atoms with van der Waals surface area (Å²) < 4.78 is 0. The summed E-state index contributed by atoms with van der Waals surface area (Å²) in [5.74, 6) is -1.36. The Morgan fingerprint density at radius 2 is 1.94 bits per heavy atom. The van der Waals surface area contributed by atoms with Crippen LogP contribution in [0.25, 0.3) is 0 Å². The maximum absolute atomic E-state index is 12.1. The van der Waals surface area contributed by atoms with Gasteiger partial charge in [-0.25, -0.2) is 0 Å². The Hall–Kier alpha value is -1.20. The van der Waals surface area contributed by atoms with Crippen molar-refractivity contribution in [2.24, 2.45) is 5.92 Å². The molecule has 1 aromatic heterocycles. The second-order valence-corrected chi connectivity index (χ2v) is 5.03. The quantitative estimate of drug-likeness (QED) is 0.877. The third-order valence-electron chi connectivity index (χ3n) is 3.09. The molecular weight excluding hydrogens is 279 g/mol. The number of rotatable bonds is 2. The third-order valence-corrected chi connectivity index (χ3v) is 3.78. The number of aromatic amines is 1. The molecule has 1 fully saturated rings. The summed E-state index contributed by atoms with van der Waals surface area (Å²) in [7, 11) is 0. The molecule has 1 amide bonds. The smallest absolute Gasteiger partial charge is 0.306 e. The van der Waals surface area contributed by atoms with E-state index in [0.717, 1.165) is 0 Å². The van der Waals surface area contributed by atoms with Gasteiger partial charge < -0.3 is 15.0 Å². The van der Waals surface area contributed by atoms with Crippen LogP contribution in [-0.4, -0.2) is 40.0 Å². The molecule has 2 N–H and O–H groups in total. The van der Waals surface area contributed by atoms with E-state index in [1.54, 1.807) is 4.90 Å². The predicted octanol–water partition coefficient (Wildman–Crippen LogP) is 2.26. The number of nitrogens with one attached hydrogen (secondary N) is 1. The highest BCUT2D eigenvalue weighted by Crippen LogP contribution is 2.24. The van der Waals surface area contributed by atoms with Crippen LogP contribution in [0.3, 0.4) is 0 Å². The van der Waals surface area contributed by atoms with Gasteiger partial charge in [0.2, 0.25) is 0 Å². The van der Waals surface area contributed by atoms with E-state index in [-0.39, 0.29) is 17.0 Å². The van der Waals surface area contributed by atoms with Gasteiger partial charge >= 0.3 is 5.97 Å². The standard InChI is InChI=1S/C11H12Cl2N2O3/c12-7-5-8(14-9(7)13)10(16)15-3-1-6(2-4-15)11(17)18/h5-6,14H,1-4H2,(H,17,18). The molecule has 98 valence electrons. The zero-order valence-corrected chi connectivity index (χ0v) is 11.0. The molecule has 5 nitrogen and oxygen atoms in total. The lowest BCUT2D eigenvalue weighted by atomic mass is 9.97. The van der Waals surface area contributed by atoms with Crippen LogP contribution in [0.15, 0.2) is 6.07 Å². The number of H-pyrrole nitrogens is 1. The van der Waals surface area contributed by atoms with Gasteiger partial charge in [0.05, 0.1) is 10.9 Å². The fraction of sp³-hybridized carbons (Fsp3) is 0.455. The predicted molar refractivity (Wildman–Crippen MR) is 67.1 cm³/mol. The van der Waals surface area contributed by atoms with Crippen molar-refractivity contribution in [3.63, 3.8) is 0 Å². The topological polar surface area (TPSA) is 73.4 Å². The number of piperidine rings is 1. The van der Waals surface area contributed by atoms with Crippen LogP contribution in [0.5, 0.6) is 0 Å². The average Bonchev–Trinajstić information content (AvgIpc) is 2.69. The maximum atomic E-state index is 12.1. The molecule has 0 unspecified atom stereocenters. The Balaban J connectivity index is 2.01. The monoisotopic (exact) mass is 290 g/mol. The van der Waals surface area contributed by atoms with Crippen LogP contribution >= 0.6 is 23.2 Å². The summed E-state index contributed by atoms with van der Waals surface area (Å²) in [5.41, 5.74) is 0.332. The van der Waals surface area contributed by atoms with E-state index in [4.69, 9.17) is 28.3 Å². The molecule has 0 spiro atoms. The minimum absolute atomic E-state index is 0.201. The van der Waals surface area contributed by atoms with Gasteiger partial charge in [-0.15, -0.1) is 0 Å². The number of carbonyl (C=O) groups is 2. The van der Waals surface area contributed by atoms with Gasteiger partial charge in [0.1, 0.15) is 10.8 Å². The van der Waals surface area contributed by atoms with Gasteiger partial charge in [0, 0.05) is 13.1 Å². The highest BCUT2D eigenvalue weighted by Gasteiger charge is 2.28. The summed E-state index contributed by atoms with van der Waals surface area (Å²) in [4.78, 5) is 27.2. The van der Waals surface area contributed by atoms with Crippen LogP contribution in [0.4, 0.5) is 0 Å². The number of hydrogen-bond donors (Lipinski definition) is 2. The fourth-order valence-corrected chi connectivity index (χ4v) is 2.33. The minimum Gasteiger partial charge on any atom is -0.481 e. The Labute approximate surface area is 114 Å². The average molecular weight is 291 g/mol. The number of aliphatic carboxylic acids is 1. The van der Waals surface area contributed by atoms with Gasteiger partial charge in [-0.2, -0.15) is 0 Å². The van der Waals surface area contributed by atoms with Gasteiger partial charge in [-0.3, -0.25) is 9.59 Å². The van der Waals surface area contributed by atoms with Crippen LogP contribution in [-0.2, 0) is 4.79 Å². The van der Waals surface area contributed by atoms with Crippen LogP contribution < -0.4 is 0 Å². The number of amides is 1. The summed E-state index contributed by atoms with van der Waals surface area (Å²) in [6, 6.07) is 1.48. The molecule has 7 heteroatoms. The van der Waals surface area contributed by atoms with Crippen molar-refractivity contribution < 1.29 is 14.7 Å². The first-order valence-electron chi connectivity index (χ1n) is 5.55. The van der Waals surface area contributed by atoms with Gasteiger partial charge in [0.25, 0.3) is 5.91 Å². The molecule has 0 saturated carbocycles. The number of aromatic nitrogens is 1. The molecule has 1 aliphatic rings. The van der Waals surface area contributed by atoms with E-state index in [0.29, 0.717) is 36.6 Å². The summed E-state index contributed by atoms with van der Waals surface area (Å²) in [5, 5.41) is 9.42. The lowest BCUT2D eigenvalue weighted by Gasteiger charge is -2.29. The minimum atomic E-state index is -0.798. The number of hydrogen-bond acceptors (Lipinski definition) is 2.